The maximum absolute atomic E-state index is 5.96. The molecule has 2 aromatic carbocycles. The Balaban J connectivity index is 2.20. The summed E-state index contributed by atoms with van der Waals surface area (Å²) in [5.41, 5.74) is 2.41. The van der Waals surface area contributed by atoms with E-state index in [0.717, 1.165) is 23.4 Å². The van der Waals surface area contributed by atoms with Crippen molar-refractivity contribution in [2.24, 2.45) is 0 Å². The van der Waals surface area contributed by atoms with Crippen LogP contribution in [-0.2, 0) is 0 Å². The van der Waals surface area contributed by atoms with E-state index in [4.69, 9.17) is 9.47 Å². The first-order valence-electron chi connectivity index (χ1n) is 7.19. The monoisotopic (exact) mass is 300 g/mol. The zero-order valence-electron chi connectivity index (χ0n) is 13.0. The second-order valence-electron chi connectivity index (χ2n) is 6.22. The molecule has 0 unspecified atom stereocenters. The molecule has 0 saturated carbocycles. The molecular formula is C18H21O2P. The molecule has 0 bridgehead atoms. The number of para-hydroxylation sites is 1. The van der Waals surface area contributed by atoms with Gasteiger partial charge in [0.2, 0.25) is 0 Å². The predicted octanol–water partition coefficient (Wildman–Crippen LogP) is 4.62. The van der Waals surface area contributed by atoms with Crippen LogP contribution in [0.4, 0.5) is 0 Å². The SMILES string of the molecule is COc1ccccc1-c1cccc2c1[P@@](C(C)(C)C)CO2. The van der Waals surface area contributed by atoms with Gasteiger partial charge in [0.05, 0.1) is 7.11 Å². The lowest BCUT2D eigenvalue weighted by Gasteiger charge is -2.27. The van der Waals surface area contributed by atoms with Gasteiger partial charge in [-0.05, 0) is 30.8 Å². The molecule has 21 heavy (non-hydrogen) atoms. The zero-order valence-corrected chi connectivity index (χ0v) is 13.9. The van der Waals surface area contributed by atoms with Crippen LogP contribution in [0.3, 0.4) is 0 Å². The summed E-state index contributed by atoms with van der Waals surface area (Å²) >= 11 is 0. The smallest absolute Gasteiger partial charge is 0.128 e. The van der Waals surface area contributed by atoms with E-state index in [9.17, 15) is 0 Å². The summed E-state index contributed by atoms with van der Waals surface area (Å²) in [5, 5.41) is 1.61. The molecule has 2 aromatic rings. The Labute approximate surface area is 127 Å². The van der Waals surface area contributed by atoms with Crippen LogP contribution in [-0.4, -0.2) is 18.6 Å². The van der Waals surface area contributed by atoms with Gasteiger partial charge in [-0.1, -0.05) is 51.1 Å². The van der Waals surface area contributed by atoms with Crippen LogP contribution in [0.15, 0.2) is 42.5 Å². The van der Waals surface area contributed by atoms with Gasteiger partial charge in [0.1, 0.15) is 17.8 Å². The predicted molar refractivity (Wildman–Crippen MR) is 90.2 cm³/mol. The molecule has 3 rings (SSSR count). The van der Waals surface area contributed by atoms with Crippen molar-refractivity contribution in [1.82, 2.24) is 0 Å². The molecule has 0 radical (unpaired) electrons. The normalized spacial score (nSPS) is 17.2. The van der Waals surface area contributed by atoms with Crippen molar-refractivity contribution in [2.75, 3.05) is 13.5 Å². The first-order valence-corrected chi connectivity index (χ1v) is 8.72. The van der Waals surface area contributed by atoms with Crippen molar-refractivity contribution >= 4 is 13.2 Å². The van der Waals surface area contributed by atoms with Gasteiger partial charge in [0.25, 0.3) is 0 Å². The second kappa shape index (κ2) is 5.35. The van der Waals surface area contributed by atoms with Gasteiger partial charge in [0.15, 0.2) is 0 Å². The Kier molecular flexibility index (Phi) is 3.67. The van der Waals surface area contributed by atoms with E-state index in [-0.39, 0.29) is 13.1 Å². The molecular weight excluding hydrogens is 279 g/mol. The summed E-state index contributed by atoms with van der Waals surface area (Å²) < 4.78 is 11.5. The number of ether oxygens (including phenoxy) is 2. The highest BCUT2D eigenvalue weighted by molar-refractivity contribution is 7.67. The number of fused-ring (bicyclic) bond motifs is 1. The standard InChI is InChI=1S/C18H21O2P/c1-18(2,3)21-12-20-16-11-7-9-14(17(16)21)13-8-5-6-10-15(13)19-4/h5-11H,12H2,1-4H3/t21-/m0/s1. The third-order valence-corrected chi connectivity index (χ3v) is 6.83. The molecule has 0 saturated heterocycles. The van der Waals surface area contributed by atoms with E-state index in [0.29, 0.717) is 0 Å². The van der Waals surface area contributed by atoms with Crippen LogP contribution in [0.2, 0.25) is 0 Å². The van der Waals surface area contributed by atoms with Crippen molar-refractivity contribution in [3.05, 3.63) is 42.5 Å². The topological polar surface area (TPSA) is 18.5 Å². The van der Waals surface area contributed by atoms with E-state index in [1.54, 1.807) is 7.11 Å². The largest absolute Gasteiger partial charge is 0.496 e. The Hall–Kier alpha value is -1.53. The van der Waals surface area contributed by atoms with Crippen molar-refractivity contribution in [3.8, 4) is 22.6 Å². The molecule has 0 spiro atoms. The van der Waals surface area contributed by atoms with E-state index >= 15 is 0 Å². The highest BCUT2D eigenvalue weighted by Crippen LogP contribution is 2.56. The minimum atomic E-state index is -0.342. The molecule has 0 aromatic heterocycles. The molecule has 2 nitrogen and oxygen atoms in total. The summed E-state index contributed by atoms with van der Waals surface area (Å²) in [4.78, 5) is 0. The average molecular weight is 300 g/mol. The number of methoxy groups -OCH3 is 1. The quantitative estimate of drug-likeness (QED) is 0.754. The van der Waals surface area contributed by atoms with Crippen LogP contribution in [0.25, 0.3) is 11.1 Å². The summed E-state index contributed by atoms with van der Waals surface area (Å²) in [5.74, 6) is 1.96. The molecule has 110 valence electrons. The number of hydrogen-bond donors (Lipinski definition) is 0. The fourth-order valence-corrected chi connectivity index (χ4v) is 5.08. The molecule has 0 N–H and O–H groups in total. The lowest BCUT2D eigenvalue weighted by Crippen LogP contribution is -2.19. The van der Waals surface area contributed by atoms with Gasteiger partial charge in [-0.15, -0.1) is 0 Å². The van der Waals surface area contributed by atoms with Gasteiger partial charge in [-0.2, -0.15) is 0 Å². The average Bonchev–Trinajstić information content (AvgIpc) is 2.91. The van der Waals surface area contributed by atoms with Crippen LogP contribution < -0.4 is 14.8 Å². The molecule has 3 heteroatoms. The molecule has 1 atom stereocenters. The van der Waals surface area contributed by atoms with Crippen LogP contribution in [0, 0.1) is 0 Å². The van der Waals surface area contributed by atoms with Crippen LogP contribution in [0.5, 0.6) is 11.5 Å². The van der Waals surface area contributed by atoms with Crippen molar-refractivity contribution in [2.45, 2.75) is 25.9 Å². The lowest BCUT2D eigenvalue weighted by molar-refractivity contribution is 0.400. The van der Waals surface area contributed by atoms with Gasteiger partial charge in [-0.25, -0.2) is 0 Å². The maximum Gasteiger partial charge on any atom is 0.128 e. The summed E-state index contributed by atoms with van der Waals surface area (Å²) in [6, 6.07) is 14.6. The van der Waals surface area contributed by atoms with E-state index in [2.05, 4.69) is 51.1 Å². The third-order valence-electron chi connectivity index (χ3n) is 3.82. The highest BCUT2D eigenvalue weighted by Gasteiger charge is 2.35. The number of rotatable bonds is 2. The van der Waals surface area contributed by atoms with Gasteiger partial charge >= 0.3 is 0 Å². The van der Waals surface area contributed by atoms with Crippen molar-refractivity contribution < 1.29 is 9.47 Å². The second-order valence-corrected chi connectivity index (χ2v) is 9.13. The lowest BCUT2D eigenvalue weighted by atomic mass is 10.0. The van der Waals surface area contributed by atoms with Crippen molar-refractivity contribution in [3.63, 3.8) is 0 Å². The molecule has 0 aliphatic carbocycles. The Morgan fingerprint density at radius 2 is 1.71 bits per heavy atom. The fourth-order valence-electron chi connectivity index (χ4n) is 2.73. The van der Waals surface area contributed by atoms with Crippen LogP contribution >= 0.6 is 7.92 Å². The first-order chi connectivity index (χ1) is 10.0. The zero-order chi connectivity index (χ0) is 15.0. The highest BCUT2D eigenvalue weighted by atomic mass is 31.1. The Morgan fingerprint density at radius 1 is 1.00 bits per heavy atom. The van der Waals surface area contributed by atoms with E-state index in [1.807, 2.05) is 12.1 Å². The molecule has 0 amide bonds. The third kappa shape index (κ3) is 2.53. The molecule has 0 fully saturated rings. The van der Waals surface area contributed by atoms with Gasteiger partial charge < -0.3 is 9.47 Å². The van der Waals surface area contributed by atoms with Gasteiger partial charge in [-0.3, -0.25) is 0 Å². The number of benzene rings is 2. The summed E-state index contributed by atoms with van der Waals surface area (Å²) in [6.45, 7) is 6.91. The van der Waals surface area contributed by atoms with Crippen LogP contribution in [0.1, 0.15) is 20.8 Å². The first kappa shape index (κ1) is 14.4. The minimum Gasteiger partial charge on any atom is -0.496 e. The Bertz CT molecular complexity index is 659. The van der Waals surface area contributed by atoms with E-state index < -0.39 is 0 Å². The summed E-state index contributed by atoms with van der Waals surface area (Å²) in [6.07, 6.45) is 0.820. The fraction of sp³-hybridized carbons (Fsp3) is 0.333. The Morgan fingerprint density at radius 3 is 2.43 bits per heavy atom. The minimum absolute atomic E-state index is 0.235. The molecule has 1 heterocycles. The number of hydrogen-bond acceptors (Lipinski definition) is 2. The van der Waals surface area contributed by atoms with Gasteiger partial charge in [0, 0.05) is 10.9 Å². The van der Waals surface area contributed by atoms with Crippen molar-refractivity contribution in [1.29, 1.82) is 0 Å². The maximum atomic E-state index is 5.96. The summed E-state index contributed by atoms with van der Waals surface area (Å²) in [7, 11) is 1.39. The van der Waals surface area contributed by atoms with E-state index in [1.165, 1.54) is 10.9 Å². The molecule has 1 aliphatic rings. The molecule has 1 aliphatic heterocycles.